The average molecular weight is 2180 g/mol. The summed E-state index contributed by atoms with van der Waals surface area (Å²) in [6, 6.07) is 40.1. The van der Waals surface area contributed by atoms with Gasteiger partial charge in [-0.3, -0.25) is 9.79 Å². The molecule has 0 saturated carbocycles. The van der Waals surface area contributed by atoms with Gasteiger partial charge in [-0.2, -0.15) is 14.9 Å². The maximum atomic E-state index is 14.2. The molecule has 0 amide bonds. The number of hydrogen-bond donors (Lipinski definition) is 6. The van der Waals surface area contributed by atoms with Gasteiger partial charge < -0.3 is 43.7 Å². The van der Waals surface area contributed by atoms with Gasteiger partial charge in [-0.05, 0) is 174 Å². The van der Waals surface area contributed by atoms with Crippen molar-refractivity contribution in [2.75, 3.05) is 33.0 Å². The van der Waals surface area contributed by atoms with Gasteiger partial charge in [0.25, 0.3) is 12.0 Å². The first-order chi connectivity index (χ1) is 55.3. The van der Waals surface area contributed by atoms with Gasteiger partial charge in [0.15, 0.2) is 0 Å². The van der Waals surface area contributed by atoms with E-state index in [0.29, 0.717) is 91.1 Å². The molecular weight excluding hydrogens is 2090 g/mol. The van der Waals surface area contributed by atoms with Gasteiger partial charge >= 0.3 is 66.4 Å². The molecule has 9 aromatic rings. The van der Waals surface area contributed by atoms with E-state index < -0.39 is 22.6 Å². The molecule has 9 N–H and O–H groups in total. The van der Waals surface area contributed by atoms with Gasteiger partial charge in [0.2, 0.25) is 0 Å². The number of thiol groups is 1. The van der Waals surface area contributed by atoms with Gasteiger partial charge in [0.05, 0.1) is 18.9 Å². The van der Waals surface area contributed by atoms with Crippen LogP contribution in [0.1, 0.15) is 107 Å². The smallest absolute Gasteiger partial charge is 1.00 e. The van der Waals surface area contributed by atoms with Gasteiger partial charge in [0, 0.05) is 143 Å². The van der Waals surface area contributed by atoms with Crippen LogP contribution < -0.4 is 52.5 Å². The number of nitrogens with zero attached hydrogens (tertiary/aromatic N) is 7. The van der Waals surface area contributed by atoms with E-state index in [4.69, 9.17) is 62.1 Å². The van der Waals surface area contributed by atoms with E-state index in [1.807, 2.05) is 19.1 Å². The van der Waals surface area contributed by atoms with Crippen molar-refractivity contribution in [3.8, 4) is 16.1 Å². The van der Waals surface area contributed by atoms with Crippen molar-refractivity contribution in [2.45, 2.75) is 126 Å². The fourth-order valence-corrected chi connectivity index (χ4v) is 17.2. The summed E-state index contributed by atoms with van der Waals surface area (Å²) in [5, 5.41) is 17.6. The molecule has 18 nitrogen and oxygen atoms in total. The van der Waals surface area contributed by atoms with Gasteiger partial charge in [-0.25, -0.2) is 46.3 Å². The van der Waals surface area contributed by atoms with Crippen molar-refractivity contribution in [3.05, 3.63) is 287 Å². The Morgan fingerprint density at radius 2 is 0.966 bits per heavy atom. The van der Waals surface area contributed by atoms with Crippen molar-refractivity contribution in [1.82, 2.24) is 9.97 Å². The summed E-state index contributed by atoms with van der Waals surface area (Å²) in [7, 11) is 4.34. The second-order valence-electron chi connectivity index (χ2n) is 26.7. The fraction of sp³-hybridized carbons (Fsp3) is 0.301. The number of benzene rings is 8. The van der Waals surface area contributed by atoms with Crippen molar-refractivity contribution in [1.29, 1.82) is 5.26 Å². The molecule has 8 aromatic carbocycles. The molecule has 0 saturated heterocycles. The van der Waals surface area contributed by atoms with E-state index in [1.54, 1.807) is 67.6 Å². The second kappa shape index (κ2) is 51.9. The minimum atomic E-state index is -1.14. The van der Waals surface area contributed by atoms with Crippen LogP contribution >= 0.6 is 140 Å². The molecule has 1 aromatic heterocycles. The molecule has 4 unspecified atom stereocenters. The zero-order valence-corrected chi connectivity index (χ0v) is 80.1. The number of fused-ring (bicyclic) bond motifs is 4. The van der Waals surface area contributed by atoms with Crippen molar-refractivity contribution < 1.29 is 91.0 Å². The van der Waals surface area contributed by atoms with Crippen LogP contribution in [0.4, 0.5) is 26.3 Å². The number of aliphatic imine (C=N–C) groups is 3. The third kappa shape index (κ3) is 29.6. The molecule has 2 aliphatic heterocycles. The Morgan fingerprint density at radius 3 is 1.36 bits per heavy atom. The van der Waals surface area contributed by atoms with Crippen LogP contribution in [0.15, 0.2) is 194 Å². The molecule has 6 aliphatic rings. The quantitative estimate of drug-likeness (QED) is 0.0185. The van der Waals surface area contributed by atoms with E-state index in [-0.39, 0.29) is 125 Å². The second-order valence-corrected chi connectivity index (χ2v) is 32.6. The summed E-state index contributed by atoms with van der Waals surface area (Å²) in [6.07, 6.45) is 10.1. The number of ether oxygens (including phenoxy) is 3. The number of nitriles is 1. The molecule has 3 heterocycles. The number of amidine groups is 2. The summed E-state index contributed by atoms with van der Waals surface area (Å²) in [5.41, 5.74) is 35.2. The number of alkyl halides is 2. The summed E-state index contributed by atoms with van der Waals surface area (Å²) in [5.74, 6) is -1.70. The van der Waals surface area contributed by atoms with Crippen LogP contribution in [0.25, 0.3) is 11.1 Å². The number of aromatic nitrogens is 2. The fourth-order valence-electron chi connectivity index (χ4n) is 13.1. The molecule has 624 valence electrons. The number of carbonyl (C=O) groups excluding carboxylic acids is 3. The maximum Gasteiger partial charge on any atom is 1.00 e. The third-order valence-corrected chi connectivity index (χ3v) is 23.7. The molecule has 4 radical (unpaired) electrons. The van der Waals surface area contributed by atoms with E-state index >= 15 is 0 Å². The number of aliphatic hydroxyl groups excluding tert-OH is 1. The third-order valence-electron chi connectivity index (χ3n) is 18.8. The molecule has 0 bridgehead atoms. The predicted octanol–water partition coefficient (Wildman–Crippen LogP) is 15.9. The Hall–Kier alpha value is -6.03. The van der Waals surface area contributed by atoms with Crippen molar-refractivity contribution >= 4 is 186 Å². The number of esters is 1. The molecule has 0 fully saturated rings. The van der Waals surface area contributed by atoms with E-state index in [1.165, 1.54) is 53.9 Å². The van der Waals surface area contributed by atoms with Crippen LogP contribution in [0.3, 0.4) is 0 Å². The van der Waals surface area contributed by atoms with Crippen molar-refractivity contribution in [2.24, 2.45) is 42.2 Å². The molecule has 119 heavy (non-hydrogen) atoms. The average Bonchev–Trinajstić information content (AvgIpc) is 1.63. The van der Waals surface area contributed by atoms with Gasteiger partial charge in [0.1, 0.15) is 76.0 Å². The monoisotopic (exact) mass is 2170 g/mol. The maximum absolute atomic E-state index is 14.2. The zero-order valence-electron chi connectivity index (χ0n) is 65.5. The molecule has 4 atom stereocenters. The molecule has 4 aliphatic carbocycles. The minimum Gasteiger partial charge on any atom is -1.00 e. The van der Waals surface area contributed by atoms with E-state index in [2.05, 4.69) is 228 Å². The number of halogens is 14. The Morgan fingerprint density at radius 1 is 0.597 bits per heavy atom. The molecular formula is C83H84B2Br8F6N11NaO7S. The van der Waals surface area contributed by atoms with Crippen LogP contribution in [-0.2, 0) is 90.6 Å². The van der Waals surface area contributed by atoms with Crippen LogP contribution in [0.2, 0.25) is 0 Å². The summed E-state index contributed by atoms with van der Waals surface area (Å²) in [4.78, 5) is 51.0. The predicted molar refractivity (Wildman–Crippen MR) is 484 cm³/mol. The van der Waals surface area contributed by atoms with Crippen LogP contribution in [0.5, 0.6) is 0 Å². The summed E-state index contributed by atoms with van der Waals surface area (Å²) in [6.45, 7) is 9.41. The molecule has 2 spiro atoms. The number of rotatable bonds is 10. The molecule has 36 heteroatoms. The molecule has 15 rings (SSSR count). The Kier molecular flexibility index (Phi) is 46.7. The summed E-state index contributed by atoms with van der Waals surface area (Å²) >= 11 is 29.0. The first kappa shape index (κ1) is 107. The van der Waals surface area contributed by atoms with Crippen molar-refractivity contribution in [3.63, 3.8) is 0 Å². The number of aliphatic hydroxyl groups is 1. The summed E-state index contributed by atoms with van der Waals surface area (Å²) < 4.78 is 103. The minimum absolute atomic E-state index is 0. The van der Waals surface area contributed by atoms with Crippen LogP contribution in [0, 0.1) is 59.0 Å². The number of carbonyl (C=O) groups is 1. The number of nitrogens with two attached hydrogens (primary N) is 4. The topological polar surface area (TPSA) is 302 Å². The van der Waals surface area contributed by atoms with Gasteiger partial charge in [-0.1, -0.05) is 193 Å². The Labute approximate surface area is 788 Å². The van der Waals surface area contributed by atoms with E-state index in [9.17, 15) is 31.1 Å². The Balaban J connectivity index is 0.000000468. The standard InChI is InChI=1S/C16H17N.C15H13FN4O.C12H13BrFNO2.C11H10BrFN2O.C10H11BrFNO.C8H6Br3F.C8H8BrF.CBrN.CO2.CH4.BHNS.B.Na.H/c1-2-13-17-16(14-9-5-3-6-10-14)15-11-7-4-8-12-15;16-13-2-1-10(9-5-18-8-19-6-9)11-3-15(4-12(11)13)7-21-14(17)20-15;1-2-17-11(16)12(15)5-7-8(6-12)10(14)4-3-9(7)13;12-8-1-2-9(13)7-4-11(3-6(7)8)5-16-10(14)15-11;11-8-1-2-9(12)7-4-10(13,5-14)3-6(7)8;9-3-5-6(4-10)8(12)2-1-7(5)11;1-5-6(2)8(10)4-3-7(5)9;2*2-1-3;;1-2-3;;;/h3-12H,2,13H2,1H3;1-2,5-6,8H,3-4,7H2,(H2,17,20);3-4H,2,5-6,15H2,1H3;1-2H,3-5H2,(H2,14,15);1-2,14H,3-5,13H2;1-2H,3-4H2;3-4H,1-2H3;;;1H4;3H;;;/q;;;;;;;;;;;;+1;-1. The van der Waals surface area contributed by atoms with Gasteiger partial charge in [-0.15, -0.1) is 0 Å². The SMILES string of the molecule is C.CCCN=C(c1ccccc1)c1ccccc1.CCOC(=O)C1(N)Cc2c(F)ccc(Br)c2C1.Cc1c(F)ccc(Br)c1C.Fc1ccc(Br)c(CBr)c1CBr.N#CBr.NC1(CO)Cc2c(F)ccc(Br)c2C1.NC1=NC2(CO1)Cc1c(F)ccc(-c3cncnc3)c1C2.NC1=NC2(CO1)Cc1c(F)ccc(Br)c1C2.O=C=O.[B].[B]=NS.[H-].[Na+]. The Bertz CT molecular complexity index is 4900. The first-order valence-corrected chi connectivity index (χ1v) is 42.6. The normalized spacial score (nSPS) is 17.3. The van der Waals surface area contributed by atoms with E-state index in [0.717, 1.165) is 96.7 Å². The zero-order chi connectivity index (χ0) is 85.7. The number of hydrogen-bond acceptors (Lipinski definition) is 19. The first-order valence-electron chi connectivity index (χ1n) is 35.2. The van der Waals surface area contributed by atoms with Crippen LogP contribution in [-0.4, -0.2) is 116 Å². The largest absolute Gasteiger partial charge is 1.00 e.